The molecule has 1 saturated heterocycles. The third kappa shape index (κ3) is 7.27. The van der Waals surface area contributed by atoms with Crippen molar-refractivity contribution in [1.82, 2.24) is 10.3 Å². The highest BCUT2D eigenvalue weighted by molar-refractivity contribution is 6.38. The second kappa shape index (κ2) is 14.2. The number of halogens is 2. The summed E-state index contributed by atoms with van der Waals surface area (Å²) in [6, 6.07) is 18.5. The minimum Gasteiger partial charge on any atom is -0.487 e. The summed E-state index contributed by atoms with van der Waals surface area (Å²) in [6.45, 7) is 2.46. The Bertz CT molecular complexity index is 1820. The molecule has 2 heterocycles. The Morgan fingerprint density at radius 1 is 1.04 bits per heavy atom. The number of para-hydroxylation sites is 1. The number of nitrogens with zero attached hydrogens (tertiary/aromatic N) is 4. The van der Waals surface area contributed by atoms with Crippen molar-refractivity contribution in [3.63, 3.8) is 0 Å². The van der Waals surface area contributed by atoms with Crippen LogP contribution in [0.15, 0.2) is 66.7 Å². The van der Waals surface area contributed by atoms with E-state index in [4.69, 9.17) is 32.9 Å². The lowest BCUT2D eigenvalue weighted by atomic mass is 10.1. The van der Waals surface area contributed by atoms with Crippen molar-refractivity contribution in [3.05, 3.63) is 93.6 Å². The summed E-state index contributed by atoms with van der Waals surface area (Å²) in [5.41, 5.74) is 5.19. The molecule has 0 spiro atoms. The molecule has 9 nitrogen and oxygen atoms in total. The highest BCUT2D eigenvalue weighted by atomic mass is 35.5. The van der Waals surface area contributed by atoms with Crippen molar-refractivity contribution in [2.45, 2.75) is 26.4 Å². The van der Waals surface area contributed by atoms with Crippen molar-refractivity contribution in [2.24, 2.45) is 0 Å². The Morgan fingerprint density at radius 2 is 1.80 bits per heavy atom. The van der Waals surface area contributed by atoms with E-state index in [-0.39, 0.29) is 30.0 Å². The molecule has 3 aromatic carbocycles. The molecular formula is C35H35Cl2N5O4. The number of likely N-dealkylation sites (N-methyl/N-ethyl adjacent to an activating group) is 1. The Kier molecular flexibility index (Phi) is 10.1. The first kappa shape index (κ1) is 32.8. The monoisotopic (exact) mass is 659 g/mol. The van der Waals surface area contributed by atoms with Gasteiger partial charge in [-0.2, -0.15) is 0 Å². The van der Waals surface area contributed by atoms with E-state index in [1.165, 1.54) is 11.0 Å². The van der Waals surface area contributed by atoms with Crippen LogP contribution in [0, 0.1) is 6.92 Å². The smallest absolute Gasteiger partial charge is 0.246 e. The number of carbonyl (C=O) groups excluding carboxylic acids is 3. The Balaban J connectivity index is 1.21. The number of hydrogen-bond acceptors (Lipinski definition) is 6. The predicted octanol–water partition coefficient (Wildman–Crippen LogP) is 6.41. The topological polar surface area (TPSA) is 95.1 Å². The van der Waals surface area contributed by atoms with Crippen LogP contribution in [0.3, 0.4) is 0 Å². The van der Waals surface area contributed by atoms with Gasteiger partial charge >= 0.3 is 0 Å². The van der Waals surface area contributed by atoms with Crippen molar-refractivity contribution in [3.8, 4) is 5.75 Å². The molecule has 3 amide bonds. The van der Waals surface area contributed by atoms with E-state index >= 15 is 0 Å². The molecular weight excluding hydrogens is 625 g/mol. The van der Waals surface area contributed by atoms with E-state index < -0.39 is 5.91 Å². The zero-order chi connectivity index (χ0) is 33.0. The summed E-state index contributed by atoms with van der Waals surface area (Å²) in [5, 5.41) is 4.24. The lowest BCUT2D eigenvalue weighted by Crippen LogP contribution is -2.37. The fourth-order valence-electron chi connectivity index (χ4n) is 5.27. The van der Waals surface area contributed by atoms with Gasteiger partial charge in [-0.3, -0.25) is 14.4 Å². The molecule has 0 saturated carbocycles. The number of pyridine rings is 1. The van der Waals surface area contributed by atoms with Crippen LogP contribution in [-0.4, -0.2) is 56.9 Å². The highest BCUT2D eigenvalue weighted by Gasteiger charge is 2.22. The molecule has 4 aromatic rings. The van der Waals surface area contributed by atoms with Crippen molar-refractivity contribution >= 4 is 75.0 Å². The number of ether oxygens (including phenoxy) is 1. The molecule has 1 aromatic heterocycles. The minimum atomic E-state index is -0.423. The standard InChI is InChI=1S/C35H35Cl2N5O4/c1-22-19-29(40(2)3)25-7-5-8-30(35(25)39-22)46-21-26-27(36)15-16-28(34(26)37)41(4)33(45)20-38-31(43)17-12-23-10-13-24(14-11-23)42-18-6-9-32(42)44/h5,7-8,10-17,19H,6,9,18,20-21H2,1-4H3,(H,38,43). The van der Waals surface area contributed by atoms with Gasteiger partial charge in [0.15, 0.2) is 0 Å². The van der Waals surface area contributed by atoms with Gasteiger partial charge < -0.3 is 24.8 Å². The Labute approximate surface area is 278 Å². The quantitative estimate of drug-likeness (QED) is 0.198. The van der Waals surface area contributed by atoms with E-state index in [0.717, 1.165) is 46.5 Å². The number of anilines is 3. The van der Waals surface area contributed by atoms with E-state index in [1.54, 1.807) is 30.2 Å². The maximum Gasteiger partial charge on any atom is 0.246 e. The molecule has 5 rings (SSSR count). The van der Waals surface area contributed by atoms with Crippen LogP contribution in [0.1, 0.15) is 29.7 Å². The van der Waals surface area contributed by atoms with Crippen LogP contribution < -0.4 is 24.8 Å². The zero-order valence-corrected chi connectivity index (χ0v) is 27.7. The van der Waals surface area contributed by atoms with Crippen LogP contribution in [0.2, 0.25) is 10.0 Å². The SMILES string of the molecule is Cc1cc(N(C)C)c2cccc(OCc3c(Cl)ccc(N(C)C(=O)CNC(=O)C=Cc4ccc(N5CCCC5=O)cc4)c3Cl)c2n1. The van der Waals surface area contributed by atoms with Gasteiger partial charge in [-0.1, -0.05) is 47.5 Å². The van der Waals surface area contributed by atoms with Gasteiger partial charge in [0.1, 0.15) is 17.9 Å². The van der Waals surface area contributed by atoms with Gasteiger partial charge in [-0.05, 0) is 61.4 Å². The molecule has 0 unspecified atom stereocenters. The first-order valence-electron chi connectivity index (χ1n) is 14.8. The first-order chi connectivity index (χ1) is 22.0. The third-order valence-corrected chi connectivity index (χ3v) is 8.56. The average molecular weight is 661 g/mol. The molecule has 0 radical (unpaired) electrons. The highest BCUT2D eigenvalue weighted by Crippen LogP contribution is 2.36. The Hall–Kier alpha value is -4.60. The predicted molar refractivity (Wildman–Crippen MR) is 185 cm³/mol. The fourth-order valence-corrected chi connectivity index (χ4v) is 5.88. The molecule has 0 bridgehead atoms. The summed E-state index contributed by atoms with van der Waals surface area (Å²) in [6.07, 6.45) is 4.43. The number of amides is 3. The van der Waals surface area contributed by atoms with Crippen molar-refractivity contribution in [2.75, 3.05) is 48.9 Å². The number of aromatic nitrogens is 1. The number of fused-ring (bicyclic) bond motifs is 1. The summed E-state index contributed by atoms with van der Waals surface area (Å²) in [4.78, 5) is 47.3. The molecule has 46 heavy (non-hydrogen) atoms. The molecule has 1 N–H and O–H groups in total. The largest absolute Gasteiger partial charge is 0.487 e. The number of nitrogens with one attached hydrogen (secondary N) is 1. The molecule has 0 atom stereocenters. The van der Waals surface area contributed by atoms with Crippen LogP contribution in [0.4, 0.5) is 17.1 Å². The van der Waals surface area contributed by atoms with E-state index in [2.05, 4.69) is 5.32 Å². The second-order valence-corrected chi connectivity index (χ2v) is 12.0. The summed E-state index contributed by atoms with van der Waals surface area (Å²) < 4.78 is 6.20. The van der Waals surface area contributed by atoms with Crippen LogP contribution in [-0.2, 0) is 21.0 Å². The number of hydrogen-bond donors (Lipinski definition) is 1. The van der Waals surface area contributed by atoms with Gasteiger partial charge in [0.25, 0.3) is 0 Å². The van der Waals surface area contributed by atoms with Crippen LogP contribution in [0.25, 0.3) is 17.0 Å². The Morgan fingerprint density at radius 3 is 2.50 bits per heavy atom. The van der Waals surface area contributed by atoms with Crippen molar-refractivity contribution in [1.29, 1.82) is 0 Å². The maximum atomic E-state index is 13.0. The summed E-state index contributed by atoms with van der Waals surface area (Å²) >= 11 is 13.3. The molecule has 11 heteroatoms. The van der Waals surface area contributed by atoms with Crippen molar-refractivity contribution < 1.29 is 19.1 Å². The number of carbonyl (C=O) groups is 3. The van der Waals surface area contributed by atoms with Crippen LogP contribution >= 0.6 is 23.2 Å². The van der Waals surface area contributed by atoms with E-state index in [9.17, 15) is 14.4 Å². The molecule has 1 aliphatic rings. The summed E-state index contributed by atoms with van der Waals surface area (Å²) in [5.74, 6) is -0.0932. The maximum absolute atomic E-state index is 13.0. The summed E-state index contributed by atoms with van der Waals surface area (Å²) in [7, 11) is 5.54. The molecule has 1 aliphatic heterocycles. The second-order valence-electron chi connectivity index (χ2n) is 11.2. The third-order valence-electron chi connectivity index (χ3n) is 7.78. The normalized spacial score (nSPS) is 13.0. The van der Waals surface area contributed by atoms with Crippen LogP contribution in [0.5, 0.6) is 5.75 Å². The van der Waals surface area contributed by atoms with Gasteiger partial charge in [0.2, 0.25) is 17.7 Å². The number of benzene rings is 3. The van der Waals surface area contributed by atoms with Gasteiger partial charge in [-0.25, -0.2) is 4.98 Å². The van der Waals surface area contributed by atoms with Gasteiger partial charge in [-0.15, -0.1) is 0 Å². The fraction of sp³-hybridized carbons (Fsp3) is 0.257. The van der Waals surface area contributed by atoms with E-state index in [0.29, 0.717) is 28.4 Å². The van der Waals surface area contributed by atoms with E-state index in [1.807, 2.05) is 74.4 Å². The number of aryl methyl sites for hydroxylation is 1. The minimum absolute atomic E-state index is 0.0520. The average Bonchev–Trinajstić information content (AvgIpc) is 3.47. The first-order valence-corrected chi connectivity index (χ1v) is 15.6. The lowest BCUT2D eigenvalue weighted by Gasteiger charge is -2.21. The van der Waals surface area contributed by atoms with Gasteiger partial charge in [0, 0.05) is 73.2 Å². The molecule has 1 fully saturated rings. The number of rotatable bonds is 10. The van der Waals surface area contributed by atoms with Gasteiger partial charge in [0.05, 0.1) is 17.3 Å². The molecule has 238 valence electrons. The molecule has 0 aliphatic carbocycles. The lowest BCUT2D eigenvalue weighted by molar-refractivity contribution is -0.122. The zero-order valence-electron chi connectivity index (χ0n) is 26.1.